The standard InChI is InChI=1S/C12H14N2O3S/c1-4-17-9(15)5-14-6-13-11-10(12(14)16)7(2)8(3)18-11/h6H,4-5H2,1-3H3. The number of nitrogens with zero attached hydrogens (tertiary/aromatic N) is 2. The lowest BCUT2D eigenvalue weighted by Crippen LogP contribution is -2.25. The van der Waals surface area contributed by atoms with E-state index >= 15 is 0 Å². The van der Waals surface area contributed by atoms with E-state index in [9.17, 15) is 9.59 Å². The molecule has 0 aromatic carbocycles. The Morgan fingerprint density at radius 3 is 2.89 bits per heavy atom. The molecule has 0 aliphatic rings. The lowest BCUT2D eigenvalue weighted by molar-refractivity contribution is -0.143. The van der Waals surface area contributed by atoms with Crippen LogP contribution in [0.5, 0.6) is 0 Å². The molecular formula is C12H14N2O3S. The first-order valence-corrected chi connectivity index (χ1v) is 6.47. The lowest BCUT2D eigenvalue weighted by Gasteiger charge is -2.04. The Hall–Kier alpha value is -1.69. The maximum atomic E-state index is 12.2. The molecule has 18 heavy (non-hydrogen) atoms. The van der Waals surface area contributed by atoms with E-state index in [1.54, 1.807) is 6.92 Å². The molecule has 0 radical (unpaired) electrons. The van der Waals surface area contributed by atoms with Gasteiger partial charge in [0.25, 0.3) is 5.56 Å². The fraction of sp³-hybridized carbons (Fsp3) is 0.417. The fourth-order valence-corrected chi connectivity index (χ4v) is 2.72. The van der Waals surface area contributed by atoms with Crippen LogP contribution >= 0.6 is 11.3 Å². The molecule has 0 atom stereocenters. The number of esters is 1. The van der Waals surface area contributed by atoms with Gasteiger partial charge in [0, 0.05) is 4.88 Å². The summed E-state index contributed by atoms with van der Waals surface area (Å²) in [5.41, 5.74) is 0.751. The molecule has 2 aromatic heterocycles. The highest BCUT2D eigenvalue weighted by Gasteiger charge is 2.13. The highest BCUT2D eigenvalue weighted by molar-refractivity contribution is 7.18. The number of carbonyl (C=O) groups is 1. The van der Waals surface area contributed by atoms with Gasteiger partial charge < -0.3 is 4.74 Å². The van der Waals surface area contributed by atoms with Gasteiger partial charge in [-0.2, -0.15) is 0 Å². The van der Waals surface area contributed by atoms with Crippen LogP contribution in [0.25, 0.3) is 10.2 Å². The van der Waals surface area contributed by atoms with E-state index < -0.39 is 5.97 Å². The third-order valence-corrected chi connectivity index (χ3v) is 3.88. The van der Waals surface area contributed by atoms with E-state index in [0.717, 1.165) is 15.3 Å². The molecule has 0 saturated carbocycles. The van der Waals surface area contributed by atoms with Crippen molar-refractivity contribution in [1.29, 1.82) is 0 Å². The Bertz CT molecular complexity index is 657. The number of hydrogen-bond donors (Lipinski definition) is 0. The maximum Gasteiger partial charge on any atom is 0.326 e. The fourth-order valence-electron chi connectivity index (χ4n) is 1.73. The highest BCUT2D eigenvalue weighted by Crippen LogP contribution is 2.25. The summed E-state index contributed by atoms with van der Waals surface area (Å²) in [7, 11) is 0. The normalized spacial score (nSPS) is 10.8. The summed E-state index contributed by atoms with van der Waals surface area (Å²) < 4.78 is 6.12. The van der Waals surface area contributed by atoms with E-state index in [-0.39, 0.29) is 12.1 Å². The lowest BCUT2D eigenvalue weighted by atomic mass is 10.2. The van der Waals surface area contributed by atoms with Crippen molar-refractivity contribution in [3.8, 4) is 0 Å². The Balaban J connectivity index is 2.48. The average Bonchev–Trinajstić information content (AvgIpc) is 2.60. The maximum absolute atomic E-state index is 12.2. The van der Waals surface area contributed by atoms with Gasteiger partial charge in [-0.15, -0.1) is 11.3 Å². The summed E-state index contributed by atoms with van der Waals surface area (Å²) in [5, 5.41) is 0.601. The molecule has 0 amide bonds. The summed E-state index contributed by atoms with van der Waals surface area (Å²) in [6.07, 6.45) is 1.40. The smallest absolute Gasteiger partial charge is 0.326 e. The first-order valence-electron chi connectivity index (χ1n) is 5.65. The number of aromatic nitrogens is 2. The van der Waals surface area contributed by atoms with Crippen LogP contribution in [-0.2, 0) is 16.1 Å². The van der Waals surface area contributed by atoms with Gasteiger partial charge in [-0.25, -0.2) is 4.98 Å². The Morgan fingerprint density at radius 2 is 2.22 bits per heavy atom. The minimum atomic E-state index is -0.426. The molecule has 0 fully saturated rings. The SMILES string of the molecule is CCOC(=O)Cn1cnc2sc(C)c(C)c2c1=O. The Morgan fingerprint density at radius 1 is 1.50 bits per heavy atom. The van der Waals surface area contributed by atoms with Crippen molar-refractivity contribution in [1.82, 2.24) is 9.55 Å². The molecule has 6 heteroatoms. The predicted molar refractivity (Wildman–Crippen MR) is 70.0 cm³/mol. The number of carbonyl (C=O) groups excluding carboxylic acids is 1. The molecule has 0 N–H and O–H groups in total. The zero-order valence-electron chi connectivity index (χ0n) is 10.5. The molecule has 0 bridgehead atoms. The number of fused-ring (bicyclic) bond motifs is 1. The van der Waals surface area contributed by atoms with Gasteiger partial charge in [0.2, 0.25) is 0 Å². The first-order chi connectivity index (χ1) is 8.54. The van der Waals surface area contributed by atoms with Crippen LogP contribution in [0.1, 0.15) is 17.4 Å². The van der Waals surface area contributed by atoms with Gasteiger partial charge in [0.1, 0.15) is 11.4 Å². The third kappa shape index (κ3) is 2.15. The van der Waals surface area contributed by atoms with Gasteiger partial charge in [0.05, 0.1) is 18.3 Å². The summed E-state index contributed by atoms with van der Waals surface area (Å²) in [4.78, 5) is 29.6. The largest absolute Gasteiger partial charge is 0.465 e. The number of rotatable bonds is 3. The second kappa shape index (κ2) is 4.89. The number of thiophene rings is 1. The summed E-state index contributed by atoms with van der Waals surface area (Å²) in [5.74, 6) is -0.426. The van der Waals surface area contributed by atoms with Gasteiger partial charge >= 0.3 is 5.97 Å². The van der Waals surface area contributed by atoms with Crippen molar-refractivity contribution in [2.24, 2.45) is 0 Å². The van der Waals surface area contributed by atoms with E-state index in [2.05, 4.69) is 4.98 Å². The number of ether oxygens (including phenoxy) is 1. The van der Waals surface area contributed by atoms with Crippen LogP contribution in [0.2, 0.25) is 0 Å². The Labute approximate surface area is 108 Å². The van der Waals surface area contributed by atoms with Gasteiger partial charge in [0.15, 0.2) is 0 Å². The molecule has 96 valence electrons. The van der Waals surface area contributed by atoms with Crippen LogP contribution < -0.4 is 5.56 Å². The second-order valence-electron chi connectivity index (χ2n) is 3.95. The third-order valence-electron chi connectivity index (χ3n) is 2.76. The molecule has 0 aliphatic heterocycles. The quantitative estimate of drug-likeness (QED) is 0.792. The van der Waals surface area contributed by atoms with Gasteiger partial charge in [-0.05, 0) is 26.3 Å². The minimum absolute atomic E-state index is 0.0933. The van der Waals surface area contributed by atoms with Crippen molar-refractivity contribution in [3.05, 3.63) is 27.1 Å². The topological polar surface area (TPSA) is 61.2 Å². The average molecular weight is 266 g/mol. The van der Waals surface area contributed by atoms with E-state index in [1.165, 1.54) is 22.2 Å². The molecule has 2 aromatic rings. The van der Waals surface area contributed by atoms with Crippen molar-refractivity contribution < 1.29 is 9.53 Å². The summed E-state index contributed by atoms with van der Waals surface area (Å²) >= 11 is 1.49. The van der Waals surface area contributed by atoms with Crippen LogP contribution in [0, 0.1) is 13.8 Å². The van der Waals surface area contributed by atoms with Crippen LogP contribution in [0.3, 0.4) is 0 Å². The summed E-state index contributed by atoms with van der Waals surface area (Å²) in [6.45, 7) is 5.79. The molecule has 0 aliphatic carbocycles. The zero-order valence-corrected chi connectivity index (χ0v) is 11.3. The molecular weight excluding hydrogens is 252 g/mol. The number of hydrogen-bond acceptors (Lipinski definition) is 5. The predicted octanol–water partition coefficient (Wildman–Crippen LogP) is 1.64. The van der Waals surface area contributed by atoms with Crippen LogP contribution in [-0.4, -0.2) is 22.1 Å². The molecule has 0 saturated heterocycles. The molecule has 5 nitrogen and oxygen atoms in total. The Kier molecular flexibility index (Phi) is 3.47. The minimum Gasteiger partial charge on any atom is -0.465 e. The molecule has 2 heterocycles. The van der Waals surface area contributed by atoms with Crippen molar-refractivity contribution >= 4 is 27.5 Å². The van der Waals surface area contributed by atoms with Crippen LogP contribution in [0.4, 0.5) is 0 Å². The first kappa shape index (κ1) is 12.8. The van der Waals surface area contributed by atoms with Crippen LogP contribution in [0.15, 0.2) is 11.1 Å². The van der Waals surface area contributed by atoms with Gasteiger partial charge in [-0.1, -0.05) is 0 Å². The van der Waals surface area contributed by atoms with Crippen molar-refractivity contribution in [3.63, 3.8) is 0 Å². The van der Waals surface area contributed by atoms with Gasteiger partial charge in [-0.3, -0.25) is 14.2 Å². The van der Waals surface area contributed by atoms with Crippen molar-refractivity contribution in [2.45, 2.75) is 27.3 Å². The van der Waals surface area contributed by atoms with Crippen molar-refractivity contribution in [2.75, 3.05) is 6.61 Å². The van der Waals surface area contributed by atoms with E-state index in [0.29, 0.717) is 12.0 Å². The second-order valence-corrected chi connectivity index (χ2v) is 5.15. The van der Waals surface area contributed by atoms with E-state index in [1.807, 2.05) is 13.8 Å². The monoisotopic (exact) mass is 266 g/mol. The molecule has 2 rings (SSSR count). The molecule has 0 spiro atoms. The zero-order chi connectivity index (χ0) is 13.3. The molecule has 0 unspecified atom stereocenters. The summed E-state index contributed by atoms with van der Waals surface area (Å²) in [6, 6.07) is 0. The van der Waals surface area contributed by atoms with E-state index in [4.69, 9.17) is 4.74 Å². The highest BCUT2D eigenvalue weighted by atomic mass is 32.1. The number of aryl methyl sites for hydroxylation is 2.